The van der Waals surface area contributed by atoms with Gasteiger partial charge in [0.1, 0.15) is 5.01 Å². The Morgan fingerprint density at radius 1 is 1.19 bits per heavy atom. The number of likely N-dealkylation sites (N-methyl/N-ethyl adjacent to an activating group) is 1. The van der Waals surface area contributed by atoms with Crippen LogP contribution in [0.1, 0.15) is 29.2 Å². The molecule has 0 aliphatic carbocycles. The molecule has 0 saturated carbocycles. The molecule has 0 aliphatic heterocycles. The van der Waals surface area contributed by atoms with Crippen molar-refractivity contribution in [3.63, 3.8) is 0 Å². The molecule has 1 N–H and O–H groups in total. The molecule has 1 atom stereocenters. The van der Waals surface area contributed by atoms with Crippen LogP contribution in [0.25, 0.3) is 10.2 Å². The highest BCUT2D eigenvalue weighted by atomic mass is 32.1. The van der Waals surface area contributed by atoms with Crippen molar-refractivity contribution < 1.29 is 0 Å². The second-order valence-electron chi connectivity index (χ2n) is 5.14. The number of rotatable bonds is 5. The highest BCUT2D eigenvalue weighted by Gasteiger charge is 2.16. The van der Waals surface area contributed by atoms with Crippen molar-refractivity contribution >= 4 is 21.6 Å². The maximum absolute atomic E-state index is 4.78. The van der Waals surface area contributed by atoms with E-state index in [1.165, 1.54) is 10.3 Å². The predicted octanol–water partition coefficient (Wildman–Crippen LogP) is 3.89. The summed E-state index contributed by atoms with van der Waals surface area (Å²) in [5.41, 5.74) is 3.38. The number of nitrogens with one attached hydrogen (secondary N) is 1. The largest absolute Gasteiger partial charge is 0.308 e. The van der Waals surface area contributed by atoms with E-state index in [0.29, 0.717) is 0 Å². The molecule has 1 aromatic carbocycles. The summed E-state index contributed by atoms with van der Waals surface area (Å²) in [6, 6.07) is 12.8. The van der Waals surface area contributed by atoms with E-state index < -0.39 is 0 Å². The smallest absolute Gasteiger partial charge is 0.111 e. The predicted molar refractivity (Wildman–Crippen MR) is 88.7 cm³/mol. The number of aromatic nitrogens is 2. The van der Waals surface area contributed by atoms with Crippen LogP contribution in [0.2, 0.25) is 0 Å². The molecule has 21 heavy (non-hydrogen) atoms. The third-order valence-corrected chi connectivity index (χ3v) is 4.62. The van der Waals surface area contributed by atoms with Gasteiger partial charge in [-0.3, -0.25) is 4.98 Å². The number of nitrogens with zero attached hydrogens (tertiary/aromatic N) is 2. The van der Waals surface area contributed by atoms with Crippen LogP contribution in [0.15, 0.2) is 42.6 Å². The third kappa shape index (κ3) is 3.28. The molecule has 108 valence electrons. The first-order chi connectivity index (χ1) is 10.3. The minimum atomic E-state index is 0.247. The van der Waals surface area contributed by atoms with E-state index in [-0.39, 0.29) is 6.04 Å². The Morgan fingerprint density at radius 3 is 2.76 bits per heavy atom. The van der Waals surface area contributed by atoms with Crippen molar-refractivity contribution in [2.75, 3.05) is 6.54 Å². The second kappa shape index (κ2) is 6.33. The summed E-state index contributed by atoms with van der Waals surface area (Å²) in [6.45, 7) is 5.08. The number of para-hydroxylation sites is 1. The standard InChI is InChI=1S/C17H19N3S/c1-3-18-15(10-13-9-8-12(2)19-11-13)17-20-14-6-4-5-7-16(14)21-17/h4-9,11,15,18H,3,10H2,1-2H3. The summed E-state index contributed by atoms with van der Waals surface area (Å²) in [4.78, 5) is 9.16. The fourth-order valence-electron chi connectivity index (χ4n) is 2.39. The fourth-order valence-corrected chi connectivity index (χ4v) is 3.43. The normalized spacial score (nSPS) is 12.7. The molecular weight excluding hydrogens is 278 g/mol. The maximum Gasteiger partial charge on any atom is 0.111 e. The number of pyridine rings is 1. The monoisotopic (exact) mass is 297 g/mol. The summed E-state index contributed by atoms with van der Waals surface area (Å²) >= 11 is 1.77. The van der Waals surface area contributed by atoms with Gasteiger partial charge >= 0.3 is 0 Å². The van der Waals surface area contributed by atoms with Crippen LogP contribution in [0.3, 0.4) is 0 Å². The lowest BCUT2D eigenvalue weighted by Crippen LogP contribution is -2.22. The summed E-state index contributed by atoms with van der Waals surface area (Å²) in [6.07, 6.45) is 2.88. The van der Waals surface area contributed by atoms with Crippen LogP contribution in [-0.2, 0) is 6.42 Å². The van der Waals surface area contributed by atoms with Gasteiger partial charge in [-0.15, -0.1) is 11.3 Å². The summed E-state index contributed by atoms with van der Waals surface area (Å²) < 4.78 is 1.25. The van der Waals surface area contributed by atoms with Gasteiger partial charge in [0.15, 0.2) is 0 Å². The molecule has 2 aromatic heterocycles. The lowest BCUT2D eigenvalue weighted by Gasteiger charge is -2.15. The Kier molecular flexibility index (Phi) is 4.27. The van der Waals surface area contributed by atoms with Crippen LogP contribution in [0.4, 0.5) is 0 Å². The number of hydrogen-bond acceptors (Lipinski definition) is 4. The average Bonchev–Trinajstić information content (AvgIpc) is 2.93. The molecule has 0 radical (unpaired) electrons. The SMILES string of the molecule is CCNC(Cc1ccc(C)nc1)c1nc2ccccc2s1. The Balaban J connectivity index is 1.87. The fraction of sp³-hybridized carbons (Fsp3) is 0.294. The Morgan fingerprint density at radius 2 is 2.05 bits per heavy atom. The third-order valence-electron chi connectivity index (χ3n) is 3.47. The molecule has 0 spiro atoms. The van der Waals surface area contributed by atoms with Gasteiger partial charge in [-0.25, -0.2) is 4.98 Å². The maximum atomic E-state index is 4.78. The van der Waals surface area contributed by atoms with Gasteiger partial charge in [0.2, 0.25) is 0 Å². The molecule has 3 rings (SSSR count). The molecule has 3 aromatic rings. The van der Waals surface area contributed by atoms with Crippen molar-refractivity contribution in [1.29, 1.82) is 0 Å². The first-order valence-electron chi connectivity index (χ1n) is 7.26. The quantitative estimate of drug-likeness (QED) is 0.776. The van der Waals surface area contributed by atoms with Gasteiger partial charge in [-0.05, 0) is 43.7 Å². The first kappa shape index (κ1) is 14.2. The van der Waals surface area contributed by atoms with Crippen molar-refractivity contribution in [3.05, 3.63) is 58.9 Å². The van der Waals surface area contributed by atoms with E-state index in [9.17, 15) is 0 Å². The number of thiazole rings is 1. The number of benzene rings is 1. The van der Waals surface area contributed by atoms with Crippen molar-refractivity contribution in [2.45, 2.75) is 26.3 Å². The van der Waals surface area contributed by atoms with Gasteiger partial charge in [0.05, 0.1) is 16.3 Å². The van der Waals surface area contributed by atoms with Gasteiger partial charge in [-0.1, -0.05) is 25.1 Å². The number of fused-ring (bicyclic) bond motifs is 1. The van der Waals surface area contributed by atoms with Gasteiger partial charge in [-0.2, -0.15) is 0 Å². The zero-order chi connectivity index (χ0) is 14.7. The molecule has 0 amide bonds. The first-order valence-corrected chi connectivity index (χ1v) is 8.08. The molecule has 2 heterocycles. The second-order valence-corrected chi connectivity index (χ2v) is 6.20. The minimum Gasteiger partial charge on any atom is -0.308 e. The Hall–Kier alpha value is -1.78. The summed E-state index contributed by atoms with van der Waals surface area (Å²) in [7, 11) is 0. The molecule has 0 fully saturated rings. The molecule has 0 aliphatic rings. The van der Waals surface area contributed by atoms with Crippen LogP contribution in [0, 0.1) is 6.92 Å². The van der Waals surface area contributed by atoms with E-state index in [4.69, 9.17) is 4.98 Å². The number of aryl methyl sites for hydroxylation is 1. The van der Waals surface area contributed by atoms with Gasteiger partial charge in [0, 0.05) is 11.9 Å². The van der Waals surface area contributed by atoms with Crippen LogP contribution < -0.4 is 5.32 Å². The minimum absolute atomic E-state index is 0.247. The Bertz CT molecular complexity index is 685. The van der Waals surface area contributed by atoms with Gasteiger partial charge in [0.25, 0.3) is 0 Å². The zero-order valence-corrected chi connectivity index (χ0v) is 13.2. The molecular formula is C17H19N3S. The molecule has 0 bridgehead atoms. The lowest BCUT2D eigenvalue weighted by atomic mass is 10.1. The van der Waals surface area contributed by atoms with Crippen molar-refractivity contribution in [2.24, 2.45) is 0 Å². The zero-order valence-electron chi connectivity index (χ0n) is 12.3. The van der Waals surface area contributed by atoms with E-state index in [2.05, 4.69) is 47.6 Å². The molecule has 1 unspecified atom stereocenters. The van der Waals surface area contributed by atoms with Crippen LogP contribution in [-0.4, -0.2) is 16.5 Å². The van der Waals surface area contributed by atoms with E-state index >= 15 is 0 Å². The topological polar surface area (TPSA) is 37.8 Å². The molecule has 0 saturated heterocycles. The van der Waals surface area contributed by atoms with Gasteiger partial charge < -0.3 is 5.32 Å². The summed E-state index contributed by atoms with van der Waals surface area (Å²) in [5, 5.41) is 4.69. The van der Waals surface area contributed by atoms with Crippen molar-refractivity contribution in [1.82, 2.24) is 15.3 Å². The number of hydrogen-bond donors (Lipinski definition) is 1. The Labute approximate surface area is 129 Å². The van der Waals surface area contributed by atoms with Crippen LogP contribution in [0.5, 0.6) is 0 Å². The molecule has 3 nitrogen and oxygen atoms in total. The van der Waals surface area contributed by atoms with E-state index in [1.54, 1.807) is 11.3 Å². The molecule has 4 heteroatoms. The van der Waals surface area contributed by atoms with Crippen molar-refractivity contribution in [3.8, 4) is 0 Å². The van der Waals surface area contributed by atoms with Crippen LogP contribution >= 0.6 is 11.3 Å². The highest BCUT2D eigenvalue weighted by molar-refractivity contribution is 7.18. The van der Waals surface area contributed by atoms with E-state index in [0.717, 1.165) is 29.2 Å². The average molecular weight is 297 g/mol. The highest BCUT2D eigenvalue weighted by Crippen LogP contribution is 2.28. The van der Waals surface area contributed by atoms with E-state index in [1.807, 2.05) is 19.2 Å². The lowest BCUT2D eigenvalue weighted by molar-refractivity contribution is 0.547. The summed E-state index contributed by atoms with van der Waals surface area (Å²) in [5.74, 6) is 0.